The zero-order valence-electron chi connectivity index (χ0n) is 13.6. The molecule has 0 saturated carbocycles. The van der Waals surface area contributed by atoms with Crippen LogP contribution in [0.2, 0.25) is 0 Å². The third-order valence-electron chi connectivity index (χ3n) is 3.56. The number of anilines is 1. The number of nitrogens with zero attached hydrogens (tertiary/aromatic N) is 1. The molecule has 0 spiro atoms. The first-order valence-corrected chi connectivity index (χ1v) is 7.40. The van der Waals surface area contributed by atoms with Gasteiger partial charge >= 0.3 is 11.9 Å². The highest BCUT2D eigenvalue weighted by Gasteiger charge is 2.30. The van der Waals surface area contributed by atoms with Crippen molar-refractivity contribution in [2.24, 2.45) is 0 Å². The lowest BCUT2D eigenvalue weighted by Gasteiger charge is -2.28. The van der Waals surface area contributed by atoms with Crippen LogP contribution in [0.4, 0.5) is 23.2 Å². The molecule has 0 heterocycles. The number of carboxylic acids is 2. The normalized spacial score (nSPS) is 11.5. The van der Waals surface area contributed by atoms with Gasteiger partial charge in [-0.15, -0.1) is 0 Å². The van der Waals surface area contributed by atoms with Crippen LogP contribution < -0.4 is 4.90 Å². The molecule has 0 aliphatic rings. The van der Waals surface area contributed by atoms with Crippen LogP contribution in [0.1, 0.15) is 25.0 Å². The zero-order chi connectivity index (χ0) is 19.3. The van der Waals surface area contributed by atoms with E-state index in [0.717, 1.165) is 0 Å². The van der Waals surface area contributed by atoms with Gasteiger partial charge in [0.25, 0.3) is 0 Å². The first-order valence-electron chi connectivity index (χ1n) is 7.40. The predicted molar refractivity (Wildman–Crippen MR) is 81.7 cm³/mol. The Morgan fingerprint density at radius 2 is 1.56 bits per heavy atom. The van der Waals surface area contributed by atoms with E-state index >= 15 is 0 Å². The van der Waals surface area contributed by atoms with Gasteiger partial charge in [0, 0.05) is 0 Å². The molecule has 25 heavy (non-hydrogen) atoms. The van der Waals surface area contributed by atoms with Crippen molar-refractivity contribution in [2.75, 3.05) is 18.1 Å². The van der Waals surface area contributed by atoms with Crippen molar-refractivity contribution >= 4 is 17.6 Å². The van der Waals surface area contributed by atoms with E-state index in [1.165, 1.54) is 13.8 Å². The minimum atomic E-state index is -1.83. The molecule has 5 nitrogen and oxygen atoms in total. The molecule has 0 fully saturated rings. The van der Waals surface area contributed by atoms with E-state index < -0.39 is 54.0 Å². The molecule has 0 aliphatic carbocycles. The summed E-state index contributed by atoms with van der Waals surface area (Å²) in [4.78, 5) is 22.7. The minimum Gasteiger partial charge on any atom is -0.478 e. The smallest absolute Gasteiger partial charge is 0.352 e. The number of alkyl halides is 1. The number of rotatable bonds is 8. The number of hydrogen-bond acceptors (Lipinski definition) is 3. The Balaban J connectivity index is 3.86. The SMILES string of the molecule is CCc1c(F)c(F)c(F)c(N(CCF)/C(=C/C(=O)O)C(=O)O)c1CC. The summed E-state index contributed by atoms with van der Waals surface area (Å²) in [6, 6.07) is 0. The zero-order valence-corrected chi connectivity index (χ0v) is 13.6. The highest BCUT2D eigenvalue weighted by Crippen LogP contribution is 2.35. The molecule has 0 aliphatic heterocycles. The lowest BCUT2D eigenvalue weighted by Crippen LogP contribution is -2.32. The van der Waals surface area contributed by atoms with E-state index in [2.05, 4.69) is 0 Å². The Labute approximate surface area is 141 Å². The Bertz CT molecular complexity index is 719. The third-order valence-corrected chi connectivity index (χ3v) is 3.56. The summed E-state index contributed by atoms with van der Waals surface area (Å²) in [5, 5.41) is 18.0. The summed E-state index contributed by atoms with van der Waals surface area (Å²) in [6.45, 7) is 1.07. The van der Waals surface area contributed by atoms with Crippen molar-refractivity contribution in [1.29, 1.82) is 0 Å². The molecule has 1 rings (SSSR count). The largest absolute Gasteiger partial charge is 0.478 e. The van der Waals surface area contributed by atoms with Crippen LogP contribution in [0.5, 0.6) is 0 Å². The third kappa shape index (κ3) is 4.09. The minimum absolute atomic E-state index is 0.00458. The number of halogens is 4. The van der Waals surface area contributed by atoms with Crippen molar-refractivity contribution < 1.29 is 37.4 Å². The highest BCUT2D eigenvalue weighted by molar-refractivity contribution is 5.98. The van der Waals surface area contributed by atoms with E-state index in [-0.39, 0.29) is 30.0 Å². The first kappa shape index (κ1) is 20.5. The van der Waals surface area contributed by atoms with Crippen LogP contribution in [0.15, 0.2) is 11.8 Å². The van der Waals surface area contributed by atoms with Crippen molar-refractivity contribution in [3.63, 3.8) is 0 Å². The molecule has 2 N–H and O–H groups in total. The molecule has 0 unspecified atom stereocenters. The maximum atomic E-state index is 14.4. The van der Waals surface area contributed by atoms with Gasteiger partial charge in [0.2, 0.25) is 0 Å². The summed E-state index contributed by atoms with van der Waals surface area (Å²) in [6.07, 6.45) is 0.215. The fourth-order valence-electron chi connectivity index (χ4n) is 2.58. The Kier molecular flexibility index (Phi) is 6.96. The number of carboxylic acid groups (broad SMARTS) is 2. The molecule has 1 aromatic rings. The van der Waals surface area contributed by atoms with Gasteiger partial charge in [-0.3, -0.25) is 0 Å². The summed E-state index contributed by atoms with van der Waals surface area (Å²) in [5.41, 5.74) is -1.87. The van der Waals surface area contributed by atoms with Gasteiger partial charge in [-0.05, 0) is 24.0 Å². The van der Waals surface area contributed by atoms with E-state index in [9.17, 15) is 32.3 Å². The van der Waals surface area contributed by atoms with Crippen LogP contribution >= 0.6 is 0 Å². The van der Waals surface area contributed by atoms with Crippen molar-refractivity contribution in [3.05, 3.63) is 40.4 Å². The van der Waals surface area contributed by atoms with Gasteiger partial charge in [-0.1, -0.05) is 13.8 Å². The number of benzene rings is 1. The topological polar surface area (TPSA) is 77.8 Å². The average molecular weight is 363 g/mol. The molecule has 0 saturated heterocycles. The van der Waals surface area contributed by atoms with Crippen LogP contribution in [0.25, 0.3) is 0 Å². The van der Waals surface area contributed by atoms with E-state index in [0.29, 0.717) is 4.90 Å². The molecule has 0 amide bonds. The van der Waals surface area contributed by atoms with Gasteiger partial charge in [0.1, 0.15) is 12.4 Å². The van der Waals surface area contributed by atoms with E-state index in [4.69, 9.17) is 5.11 Å². The molecule has 0 aromatic heterocycles. The fraction of sp³-hybridized carbons (Fsp3) is 0.375. The molecule has 0 bridgehead atoms. The quantitative estimate of drug-likeness (QED) is 0.422. The summed E-state index contributed by atoms with van der Waals surface area (Å²) in [7, 11) is 0. The van der Waals surface area contributed by atoms with Crippen LogP contribution in [-0.4, -0.2) is 35.4 Å². The van der Waals surface area contributed by atoms with Crippen molar-refractivity contribution in [1.82, 2.24) is 0 Å². The van der Waals surface area contributed by atoms with Crippen molar-refractivity contribution in [2.45, 2.75) is 26.7 Å². The molecule has 0 radical (unpaired) electrons. The standard InChI is InChI=1S/C16H17F4NO4/c1-3-8-9(4-2)15(14(20)13(19)12(8)18)21(6-5-17)10(16(24)25)7-11(22)23/h7H,3-6H2,1-2H3,(H,22,23)(H,24,25)/b10-7+. The monoisotopic (exact) mass is 363 g/mol. The Hall–Kier alpha value is -2.58. The van der Waals surface area contributed by atoms with Gasteiger partial charge in [0.05, 0.1) is 18.3 Å². The van der Waals surface area contributed by atoms with Gasteiger partial charge in [-0.25, -0.2) is 27.2 Å². The summed E-state index contributed by atoms with van der Waals surface area (Å²) >= 11 is 0. The maximum absolute atomic E-state index is 14.4. The van der Waals surface area contributed by atoms with Gasteiger partial charge in [0.15, 0.2) is 17.5 Å². The van der Waals surface area contributed by atoms with Gasteiger partial charge in [-0.2, -0.15) is 0 Å². The average Bonchev–Trinajstić information content (AvgIpc) is 2.55. The van der Waals surface area contributed by atoms with Crippen LogP contribution in [0.3, 0.4) is 0 Å². The number of aliphatic carboxylic acids is 2. The number of carbonyl (C=O) groups is 2. The summed E-state index contributed by atoms with van der Waals surface area (Å²) < 4.78 is 55.2. The van der Waals surface area contributed by atoms with Crippen LogP contribution in [0, 0.1) is 17.5 Å². The molecule has 0 atom stereocenters. The second kappa shape index (κ2) is 8.50. The Morgan fingerprint density at radius 1 is 1.00 bits per heavy atom. The number of hydrogen-bond donors (Lipinski definition) is 2. The predicted octanol–water partition coefficient (Wildman–Crippen LogP) is 3.06. The van der Waals surface area contributed by atoms with Crippen molar-refractivity contribution in [3.8, 4) is 0 Å². The lowest BCUT2D eigenvalue weighted by molar-refractivity contribution is -0.135. The second-order valence-corrected chi connectivity index (χ2v) is 4.97. The molecular formula is C16H17F4NO4. The molecular weight excluding hydrogens is 346 g/mol. The molecule has 138 valence electrons. The lowest BCUT2D eigenvalue weighted by atomic mass is 9.98. The Morgan fingerprint density at radius 3 is 1.96 bits per heavy atom. The highest BCUT2D eigenvalue weighted by atomic mass is 19.2. The molecule has 9 heteroatoms. The van der Waals surface area contributed by atoms with E-state index in [1.54, 1.807) is 0 Å². The first-order chi connectivity index (χ1) is 11.7. The van der Waals surface area contributed by atoms with E-state index in [1.807, 2.05) is 0 Å². The second-order valence-electron chi connectivity index (χ2n) is 4.97. The van der Waals surface area contributed by atoms with Gasteiger partial charge < -0.3 is 15.1 Å². The molecule has 1 aromatic carbocycles. The summed E-state index contributed by atoms with van der Waals surface area (Å²) in [5.74, 6) is -8.37. The maximum Gasteiger partial charge on any atom is 0.352 e. The van der Waals surface area contributed by atoms with Crippen LogP contribution in [-0.2, 0) is 22.4 Å². The fourth-order valence-corrected chi connectivity index (χ4v) is 2.58.